The number of ether oxygens (including phenoxy) is 4. The number of allylic oxidation sites excluding steroid dienone is 1. The minimum atomic E-state index is -0.813. The summed E-state index contributed by atoms with van der Waals surface area (Å²) in [5.41, 5.74) is 2.78. The molecular formula is C32H28BrClN2O6S. The molecule has 0 N–H and O–H groups in total. The van der Waals surface area contributed by atoms with Crippen molar-refractivity contribution in [3.63, 3.8) is 0 Å². The summed E-state index contributed by atoms with van der Waals surface area (Å²) < 4.78 is 24.9. The monoisotopic (exact) mass is 682 g/mol. The Morgan fingerprint density at radius 3 is 2.47 bits per heavy atom. The number of benzene rings is 3. The summed E-state index contributed by atoms with van der Waals surface area (Å²) in [6, 6.07) is 17.6. The van der Waals surface area contributed by atoms with E-state index in [-0.39, 0.29) is 17.7 Å². The molecule has 0 saturated carbocycles. The third kappa shape index (κ3) is 6.27. The van der Waals surface area contributed by atoms with Crippen LogP contribution < -0.4 is 29.1 Å². The van der Waals surface area contributed by atoms with E-state index in [0.29, 0.717) is 53.9 Å². The molecule has 43 heavy (non-hydrogen) atoms. The average molecular weight is 684 g/mol. The van der Waals surface area contributed by atoms with Crippen molar-refractivity contribution >= 4 is 50.9 Å². The van der Waals surface area contributed by atoms with Crippen LogP contribution in [0.15, 0.2) is 86.2 Å². The van der Waals surface area contributed by atoms with Crippen LogP contribution >= 0.6 is 38.9 Å². The van der Waals surface area contributed by atoms with Crippen molar-refractivity contribution in [2.24, 2.45) is 4.99 Å². The minimum Gasteiger partial charge on any atom is -0.493 e. The van der Waals surface area contributed by atoms with E-state index >= 15 is 0 Å². The number of thiazole rings is 1. The molecular weight excluding hydrogens is 656 g/mol. The zero-order chi connectivity index (χ0) is 30.7. The summed E-state index contributed by atoms with van der Waals surface area (Å²) >= 11 is 11.1. The molecule has 1 aromatic heterocycles. The fraction of sp³-hybridized carbons (Fsp3) is 0.219. The van der Waals surface area contributed by atoms with Crippen LogP contribution in [0, 0.1) is 0 Å². The quantitative estimate of drug-likeness (QED) is 0.207. The number of hydrogen-bond acceptors (Lipinski definition) is 8. The van der Waals surface area contributed by atoms with Gasteiger partial charge in [0.25, 0.3) is 5.56 Å². The Bertz CT molecular complexity index is 1900. The molecule has 0 spiro atoms. The van der Waals surface area contributed by atoms with Crippen molar-refractivity contribution in [2.45, 2.75) is 26.5 Å². The first kappa shape index (κ1) is 30.6. The molecule has 1 atom stereocenters. The van der Waals surface area contributed by atoms with E-state index in [4.69, 9.17) is 30.5 Å². The zero-order valence-corrected chi connectivity index (χ0v) is 27.0. The molecule has 0 radical (unpaired) electrons. The number of rotatable bonds is 9. The third-order valence-corrected chi connectivity index (χ3v) is 8.88. The smallest absolute Gasteiger partial charge is 0.338 e. The second-order valence-corrected chi connectivity index (χ2v) is 11.8. The van der Waals surface area contributed by atoms with E-state index in [1.807, 2.05) is 48.5 Å². The maximum atomic E-state index is 14.0. The van der Waals surface area contributed by atoms with Gasteiger partial charge in [-0.15, -0.1) is 0 Å². The number of fused-ring (bicyclic) bond motifs is 1. The lowest BCUT2D eigenvalue weighted by Gasteiger charge is -2.26. The minimum absolute atomic E-state index is 0.179. The van der Waals surface area contributed by atoms with E-state index < -0.39 is 12.0 Å². The van der Waals surface area contributed by atoms with Crippen molar-refractivity contribution in [3.05, 3.63) is 118 Å². The number of methoxy groups -OCH3 is 2. The molecule has 1 aliphatic rings. The number of nitrogens with zero attached hydrogens (tertiary/aromatic N) is 2. The van der Waals surface area contributed by atoms with E-state index in [1.165, 1.54) is 23.0 Å². The van der Waals surface area contributed by atoms with Crippen molar-refractivity contribution in [3.8, 4) is 17.2 Å². The number of halogens is 2. The van der Waals surface area contributed by atoms with E-state index in [0.717, 1.165) is 11.1 Å². The van der Waals surface area contributed by atoms with Crippen molar-refractivity contribution < 1.29 is 23.7 Å². The average Bonchev–Trinajstić information content (AvgIpc) is 3.30. The summed E-state index contributed by atoms with van der Waals surface area (Å²) in [5, 5.41) is 0.647. The summed E-state index contributed by atoms with van der Waals surface area (Å²) in [7, 11) is 3.07. The van der Waals surface area contributed by atoms with Gasteiger partial charge in [0.2, 0.25) is 0 Å². The van der Waals surface area contributed by atoms with E-state index in [1.54, 1.807) is 39.2 Å². The van der Waals surface area contributed by atoms with Gasteiger partial charge in [-0.1, -0.05) is 69.2 Å². The van der Waals surface area contributed by atoms with E-state index in [2.05, 4.69) is 20.9 Å². The molecule has 0 bridgehead atoms. The second-order valence-electron chi connectivity index (χ2n) is 9.48. The largest absolute Gasteiger partial charge is 0.493 e. The molecule has 11 heteroatoms. The number of hydrogen-bond donors (Lipinski definition) is 0. The number of carbonyl (C=O) groups is 1. The van der Waals surface area contributed by atoms with Gasteiger partial charge in [-0.2, -0.15) is 0 Å². The highest BCUT2D eigenvalue weighted by Crippen LogP contribution is 2.40. The Morgan fingerprint density at radius 2 is 1.79 bits per heavy atom. The molecule has 5 rings (SSSR count). The highest BCUT2D eigenvalue weighted by molar-refractivity contribution is 9.10. The zero-order valence-electron chi connectivity index (χ0n) is 23.9. The lowest BCUT2D eigenvalue weighted by Crippen LogP contribution is -2.40. The summed E-state index contributed by atoms with van der Waals surface area (Å²) in [5.74, 6) is 1.09. The predicted octanol–water partition coefficient (Wildman–Crippen LogP) is 5.81. The molecule has 0 fully saturated rings. The molecule has 0 saturated heterocycles. The Hall–Kier alpha value is -3.86. The van der Waals surface area contributed by atoms with Gasteiger partial charge in [0.05, 0.1) is 42.7 Å². The topological polar surface area (TPSA) is 88.4 Å². The number of esters is 1. The molecule has 222 valence electrons. The first-order valence-electron chi connectivity index (χ1n) is 13.3. The molecule has 8 nitrogen and oxygen atoms in total. The van der Waals surface area contributed by atoms with Crippen LogP contribution in [-0.2, 0) is 16.1 Å². The molecule has 0 aliphatic carbocycles. The van der Waals surface area contributed by atoms with Gasteiger partial charge >= 0.3 is 5.97 Å². The highest BCUT2D eigenvalue weighted by Gasteiger charge is 2.35. The van der Waals surface area contributed by atoms with Gasteiger partial charge in [0.1, 0.15) is 12.4 Å². The van der Waals surface area contributed by atoms with Crippen LogP contribution in [0.5, 0.6) is 17.2 Å². The predicted molar refractivity (Wildman–Crippen MR) is 170 cm³/mol. The van der Waals surface area contributed by atoms with Crippen LogP contribution in [0.3, 0.4) is 0 Å². The Morgan fingerprint density at radius 1 is 1.09 bits per heavy atom. The normalized spacial score (nSPS) is 14.7. The molecule has 3 aromatic carbocycles. The fourth-order valence-electron chi connectivity index (χ4n) is 4.75. The third-order valence-electron chi connectivity index (χ3n) is 6.84. The van der Waals surface area contributed by atoms with Gasteiger partial charge in [0.15, 0.2) is 16.3 Å². The van der Waals surface area contributed by atoms with E-state index in [9.17, 15) is 9.59 Å². The van der Waals surface area contributed by atoms with Crippen molar-refractivity contribution in [1.82, 2.24) is 4.57 Å². The lowest BCUT2D eigenvalue weighted by molar-refractivity contribution is -0.139. The molecule has 2 heterocycles. The first-order valence-corrected chi connectivity index (χ1v) is 15.3. The fourth-order valence-corrected chi connectivity index (χ4v) is 6.53. The van der Waals surface area contributed by atoms with Crippen LogP contribution in [-0.4, -0.2) is 31.4 Å². The second kappa shape index (κ2) is 13.2. The SMILES string of the molecule is CCOC(=O)C1=C(C)N=c2sc(=Cc3ccc(OCc4ccccc4Cl)cc3)c(=O)n2C1c1cc(OC)c(OC)cc1Br. The summed E-state index contributed by atoms with van der Waals surface area (Å²) in [6.07, 6.45) is 1.80. The van der Waals surface area contributed by atoms with Crippen LogP contribution in [0.2, 0.25) is 5.02 Å². The standard InChI is InChI=1S/C32H28BrClN2O6S/c1-5-41-31(38)28-18(2)35-32-36(29(28)22-15-25(39-3)26(40-4)16-23(22)33)30(37)27(43-32)14-19-10-12-21(13-11-19)42-17-20-8-6-7-9-24(20)34/h6-16,29H,5,17H2,1-4H3. The first-order chi connectivity index (χ1) is 20.7. The molecule has 1 aliphatic heterocycles. The lowest BCUT2D eigenvalue weighted by atomic mass is 9.95. The van der Waals surface area contributed by atoms with Gasteiger partial charge in [-0.05, 0) is 61.4 Å². The van der Waals surface area contributed by atoms with Crippen LogP contribution in [0.4, 0.5) is 0 Å². The van der Waals surface area contributed by atoms with Crippen molar-refractivity contribution in [2.75, 3.05) is 20.8 Å². The summed E-state index contributed by atoms with van der Waals surface area (Å²) in [4.78, 5) is 32.3. The highest BCUT2D eigenvalue weighted by atomic mass is 79.9. The Labute approximate surface area is 265 Å². The Balaban J connectivity index is 1.56. The molecule has 1 unspecified atom stereocenters. The molecule has 4 aromatic rings. The van der Waals surface area contributed by atoms with Gasteiger partial charge in [-0.3, -0.25) is 9.36 Å². The maximum Gasteiger partial charge on any atom is 0.338 e. The van der Waals surface area contributed by atoms with Crippen molar-refractivity contribution in [1.29, 1.82) is 0 Å². The number of carbonyl (C=O) groups excluding carboxylic acids is 1. The Kier molecular flexibility index (Phi) is 9.39. The van der Waals surface area contributed by atoms with Gasteiger partial charge < -0.3 is 18.9 Å². The van der Waals surface area contributed by atoms with Gasteiger partial charge in [0, 0.05) is 15.1 Å². The van der Waals surface area contributed by atoms with Gasteiger partial charge in [-0.25, -0.2) is 9.79 Å². The summed E-state index contributed by atoms with van der Waals surface area (Å²) in [6.45, 7) is 3.99. The van der Waals surface area contributed by atoms with Crippen LogP contribution in [0.25, 0.3) is 6.08 Å². The van der Waals surface area contributed by atoms with Crippen LogP contribution in [0.1, 0.15) is 36.6 Å². The molecule has 0 amide bonds. The number of aromatic nitrogens is 1. The maximum absolute atomic E-state index is 14.0.